The zero-order valence-corrected chi connectivity index (χ0v) is 25.2. The van der Waals surface area contributed by atoms with E-state index < -0.39 is 8.32 Å². The first-order valence-electron chi connectivity index (χ1n) is 14.7. The zero-order chi connectivity index (χ0) is 27.1. The van der Waals surface area contributed by atoms with Crippen molar-refractivity contribution in [2.45, 2.75) is 84.5 Å². The predicted molar refractivity (Wildman–Crippen MR) is 158 cm³/mol. The Morgan fingerprint density at radius 3 is 2.16 bits per heavy atom. The predicted octanol–water partition coefficient (Wildman–Crippen LogP) is 6.55. The van der Waals surface area contributed by atoms with Gasteiger partial charge in [0.15, 0.2) is 0 Å². The molecule has 2 aromatic rings. The molecule has 38 heavy (non-hydrogen) atoms. The third-order valence-electron chi connectivity index (χ3n) is 9.72. The van der Waals surface area contributed by atoms with Crippen LogP contribution in [0.4, 0.5) is 0 Å². The maximum atomic E-state index is 13.4. The number of hydrogen-bond donors (Lipinski definition) is 0. The highest BCUT2D eigenvalue weighted by atomic mass is 28.4. The number of ketones is 1. The molecular formula is C34H46O3Si. The molecule has 204 valence electrons. The highest BCUT2D eigenvalue weighted by Crippen LogP contribution is 2.54. The van der Waals surface area contributed by atoms with Crippen LogP contribution in [-0.4, -0.2) is 32.9 Å². The van der Waals surface area contributed by atoms with Crippen LogP contribution in [0.5, 0.6) is 0 Å². The summed E-state index contributed by atoms with van der Waals surface area (Å²) >= 11 is 0. The second-order valence-corrected chi connectivity index (χ2v) is 17.6. The van der Waals surface area contributed by atoms with Crippen LogP contribution in [-0.2, 0) is 14.0 Å². The summed E-state index contributed by atoms with van der Waals surface area (Å²) in [6, 6.07) is 21.7. The van der Waals surface area contributed by atoms with E-state index in [0.29, 0.717) is 42.5 Å². The number of hydrogen-bond acceptors (Lipinski definition) is 3. The molecule has 2 aromatic carbocycles. The van der Waals surface area contributed by atoms with E-state index in [2.05, 4.69) is 108 Å². The molecule has 3 aliphatic rings. The van der Waals surface area contributed by atoms with Crippen molar-refractivity contribution in [2.75, 3.05) is 6.61 Å². The highest BCUT2D eigenvalue weighted by Gasteiger charge is 2.57. The Balaban J connectivity index is 1.36. The van der Waals surface area contributed by atoms with E-state index in [1.165, 1.54) is 15.9 Å². The largest absolute Gasteiger partial charge is 0.407 e. The Morgan fingerprint density at radius 1 is 1.00 bits per heavy atom. The number of carbonyl (C=O) groups excluding carboxylic acids is 1. The lowest BCUT2D eigenvalue weighted by atomic mass is 9.65. The summed E-state index contributed by atoms with van der Waals surface area (Å²) in [4.78, 5) is 13.4. The molecule has 2 heterocycles. The molecule has 2 saturated heterocycles. The van der Waals surface area contributed by atoms with E-state index in [9.17, 15) is 4.79 Å². The monoisotopic (exact) mass is 530 g/mol. The number of benzene rings is 2. The topological polar surface area (TPSA) is 35.5 Å². The van der Waals surface area contributed by atoms with E-state index in [1.54, 1.807) is 0 Å². The van der Waals surface area contributed by atoms with Crippen LogP contribution in [0, 0.1) is 29.6 Å². The van der Waals surface area contributed by atoms with Gasteiger partial charge in [-0.2, -0.15) is 0 Å². The summed E-state index contributed by atoms with van der Waals surface area (Å²) in [6.45, 7) is 14.6. The SMILES string of the molecule is CC1=CC[C@H](C(C)C)[C@H]2[C@H]3O[C@H](CC(=O)[C@H]3CCCO[Si](c3ccccc3)(c3ccccc3)C(C)(C)C)[C@@H]12. The van der Waals surface area contributed by atoms with Crippen molar-refractivity contribution in [2.24, 2.45) is 29.6 Å². The minimum absolute atomic E-state index is 0.00356. The minimum atomic E-state index is -2.56. The molecule has 3 nitrogen and oxygen atoms in total. The van der Waals surface area contributed by atoms with Crippen LogP contribution in [0.2, 0.25) is 5.04 Å². The number of ether oxygens (including phenoxy) is 1. The van der Waals surface area contributed by atoms with Gasteiger partial charge in [0, 0.05) is 24.9 Å². The van der Waals surface area contributed by atoms with Crippen LogP contribution in [0.15, 0.2) is 72.3 Å². The molecule has 4 heteroatoms. The van der Waals surface area contributed by atoms with E-state index in [-0.39, 0.29) is 23.2 Å². The van der Waals surface area contributed by atoms with Crippen LogP contribution >= 0.6 is 0 Å². The standard InChI is InChI=1S/C34H46O3Si/c1-23(2)27-20-19-24(3)31-30-22-29(35)28(33(37-30)32(27)31)18-13-21-36-38(34(4,5)6,25-14-9-7-10-15-25)26-16-11-8-12-17-26/h7-12,14-17,19,23,27-28,30-33H,13,18,20-22H2,1-6H3/t27-,28-,30-,31-,32-,33+/m1/s1. The normalized spacial score (nSPS) is 29.3. The number of rotatable bonds is 8. The van der Waals surface area contributed by atoms with Gasteiger partial charge >= 0.3 is 0 Å². The van der Waals surface area contributed by atoms with Crippen LogP contribution in [0.25, 0.3) is 0 Å². The molecule has 0 spiro atoms. The molecular weight excluding hydrogens is 484 g/mol. The fraction of sp³-hybridized carbons (Fsp3) is 0.559. The van der Waals surface area contributed by atoms with Crippen molar-refractivity contribution < 1.29 is 14.0 Å². The molecule has 0 radical (unpaired) electrons. The summed E-state index contributed by atoms with van der Waals surface area (Å²) in [7, 11) is -2.56. The van der Waals surface area contributed by atoms with Crippen molar-refractivity contribution in [3.05, 3.63) is 72.3 Å². The van der Waals surface area contributed by atoms with Crippen LogP contribution < -0.4 is 10.4 Å². The zero-order valence-electron chi connectivity index (χ0n) is 24.2. The summed E-state index contributed by atoms with van der Waals surface area (Å²) in [5.74, 6) is 2.50. The van der Waals surface area contributed by atoms with Crippen molar-refractivity contribution in [1.82, 2.24) is 0 Å². The van der Waals surface area contributed by atoms with Gasteiger partial charge in [0.25, 0.3) is 8.32 Å². The first kappa shape index (κ1) is 27.5. The smallest absolute Gasteiger partial charge is 0.261 e. The lowest BCUT2D eigenvalue weighted by Crippen LogP contribution is -2.66. The minimum Gasteiger partial charge on any atom is -0.407 e. The number of fused-ring (bicyclic) bond motifs is 5. The average Bonchev–Trinajstić information content (AvgIpc) is 3.20. The summed E-state index contributed by atoms with van der Waals surface area (Å²) < 4.78 is 13.8. The van der Waals surface area contributed by atoms with Crippen molar-refractivity contribution >= 4 is 24.5 Å². The van der Waals surface area contributed by atoms with E-state index >= 15 is 0 Å². The first-order valence-corrected chi connectivity index (χ1v) is 16.7. The maximum absolute atomic E-state index is 13.4. The van der Waals surface area contributed by atoms with E-state index in [1.807, 2.05) is 0 Å². The van der Waals surface area contributed by atoms with E-state index in [0.717, 1.165) is 19.3 Å². The van der Waals surface area contributed by atoms with Gasteiger partial charge in [-0.05, 0) is 59.4 Å². The third-order valence-corrected chi connectivity index (χ3v) is 14.8. The van der Waals surface area contributed by atoms with Gasteiger partial charge in [0.05, 0.1) is 12.2 Å². The van der Waals surface area contributed by atoms with Crippen molar-refractivity contribution in [3.8, 4) is 0 Å². The van der Waals surface area contributed by atoms with Gasteiger partial charge < -0.3 is 9.16 Å². The fourth-order valence-corrected chi connectivity index (χ4v) is 12.6. The van der Waals surface area contributed by atoms with Gasteiger partial charge in [-0.1, -0.05) is 107 Å². The van der Waals surface area contributed by atoms with Gasteiger partial charge in [0.2, 0.25) is 0 Å². The maximum Gasteiger partial charge on any atom is 0.261 e. The molecule has 0 saturated carbocycles. The van der Waals surface area contributed by atoms with Crippen LogP contribution in [0.1, 0.15) is 67.2 Å². The molecule has 2 aliphatic heterocycles. The summed E-state index contributed by atoms with van der Waals surface area (Å²) in [6.07, 6.45) is 6.00. The fourth-order valence-electron chi connectivity index (χ4n) is 7.95. The van der Waals surface area contributed by atoms with Crippen molar-refractivity contribution in [3.63, 3.8) is 0 Å². The molecule has 2 fully saturated rings. The molecule has 0 amide bonds. The summed E-state index contributed by atoms with van der Waals surface area (Å²) in [5.41, 5.74) is 1.45. The molecule has 0 aromatic heterocycles. The molecule has 0 unspecified atom stereocenters. The molecule has 2 bridgehead atoms. The van der Waals surface area contributed by atoms with Crippen molar-refractivity contribution in [1.29, 1.82) is 0 Å². The first-order chi connectivity index (χ1) is 18.1. The van der Waals surface area contributed by atoms with Gasteiger partial charge in [0.1, 0.15) is 5.78 Å². The second kappa shape index (κ2) is 10.9. The Morgan fingerprint density at radius 2 is 1.61 bits per heavy atom. The van der Waals surface area contributed by atoms with Crippen LogP contribution in [0.3, 0.4) is 0 Å². The third kappa shape index (κ3) is 4.78. The van der Waals surface area contributed by atoms with Gasteiger partial charge in [-0.25, -0.2) is 0 Å². The van der Waals surface area contributed by atoms with E-state index in [4.69, 9.17) is 9.16 Å². The number of allylic oxidation sites excluding steroid dienone is 1. The number of carbonyl (C=O) groups is 1. The van der Waals surface area contributed by atoms with Gasteiger partial charge in [-0.3, -0.25) is 4.79 Å². The molecule has 6 atom stereocenters. The lowest BCUT2D eigenvalue weighted by molar-refractivity contribution is -0.141. The second-order valence-electron chi connectivity index (χ2n) is 13.3. The Hall–Kier alpha value is -2.01. The Bertz CT molecular complexity index is 1090. The Kier molecular flexibility index (Phi) is 7.88. The summed E-state index contributed by atoms with van der Waals surface area (Å²) in [5, 5.41) is 2.57. The quantitative estimate of drug-likeness (QED) is 0.220. The van der Waals surface area contributed by atoms with Gasteiger partial charge in [-0.15, -0.1) is 0 Å². The Labute approximate surface area is 231 Å². The molecule has 0 N–H and O–H groups in total. The lowest BCUT2D eigenvalue weighted by Gasteiger charge is -2.43. The molecule has 1 aliphatic carbocycles. The molecule has 5 rings (SSSR count). The highest BCUT2D eigenvalue weighted by molar-refractivity contribution is 6.99. The number of Topliss-reactive ketones (excluding diaryl/α,β-unsaturated/α-hetero) is 1. The average molecular weight is 531 g/mol.